The molecule has 1 saturated carbocycles. The smallest absolute Gasteiger partial charge is 0.308 e. The summed E-state index contributed by atoms with van der Waals surface area (Å²) in [4.78, 5) is 15.7. The van der Waals surface area contributed by atoms with Gasteiger partial charge in [-0.2, -0.15) is 4.98 Å². The number of nitrogens with one attached hydrogen (secondary N) is 1. The van der Waals surface area contributed by atoms with Gasteiger partial charge in [0, 0.05) is 19.0 Å². The first-order chi connectivity index (χ1) is 9.29. The van der Waals surface area contributed by atoms with Gasteiger partial charge in [0.2, 0.25) is 5.89 Å². The lowest BCUT2D eigenvalue weighted by Gasteiger charge is -2.28. The molecular weight excluding hydrogens is 246 g/mol. The van der Waals surface area contributed by atoms with Crippen molar-refractivity contribution in [2.75, 3.05) is 13.2 Å². The molecule has 2 rings (SSSR count). The zero-order chi connectivity index (χ0) is 13.5. The molecule has 6 heteroatoms. The van der Waals surface area contributed by atoms with Gasteiger partial charge < -0.3 is 14.6 Å². The van der Waals surface area contributed by atoms with Crippen molar-refractivity contribution in [1.29, 1.82) is 0 Å². The second-order valence-electron chi connectivity index (χ2n) is 4.85. The summed E-state index contributed by atoms with van der Waals surface area (Å²) in [6.07, 6.45) is 6.12. The molecule has 1 aliphatic carbocycles. The van der Waals surface area contributed by atoms with Crippen molar-refractivity contribution in [3.8, 4) is 0 Å². The Kier molecular flexibility index (Phi) is 5.32. The van der Waals surface area contributed by atoms with Gasteiger partial charge in [-0.1, -0.05) is 11.6 Å². The minimum atomic E-state index is -0.0501. The molecule has 0 aliphatic heterocycles. The van der Waals surface area contributed by atoms with Gasteiger partial charge >= 0.3 is 5.97 Å². The van der Waals surface area contributed by atoms with Crippen LogP contribution < -0.4 is 5.32 Å². The van der Waals surface area contributed by atoms with Crippen molar-refractivity contribution >= 4 is 5.97 Å². The second-order valence-corrected chi connectivity index (χ2v) is 4.85. The SMILES string of the molecule is CCOC(=O)C1CCCC(NCCc2ncno2)C1. The fraction of sp³-hybridized carbons (Fsp3) is 0.769. The molecule has 0 saturated heterocycles. The van der Waals surface area contributed by atoms with E-state index in [2.05, 4.69) is 15.5 Å². The molecule has 0 bridgehead atoms. The number of ether oxygens (including phenoxy) is 1. The van der Waals surface area contributed by atoms with Gasteiger partial charge in [-0.05, 0) is 26.2 Å². The van der Waals surface area contributed by atoms with Crippen LogP contribution in [0.4, 0.5) is 0 Å². The van der Waals surface area contributed by atoms with E-state index >= 15 is 0 Å². The van der Waals surface area contributed by atoms with Crippen LogP contribution in [0.2, 0.25) is 0 Å². The van der Waals surface area contributed by atoms with Crippen LogP contribution in [0, 0.1) is 5.92 Å². The van der Waals surface area contributed by atoms with Crippen molar-refractivity contribution in [1.82, 2.24) is 15.5 Å². The summed E-state index contributed by atoms with van der Waals surface area (Å²) in [5, 5.41) is 7.02. The Morgan fingerprint density at radius 1 is 1.58 bits per heavy atom. The van der Waals surface area contributed by atoms with Gasteiger partial charge in [0.15, 0.2) is 6.33 Å². The lowest BCUT2D eigenvalue weighted by molar-refractivity contribution is -0.149. The molecule has 1 heterocycles. The van der Waals surface area contributed by atoms with E-state index in [1.54, 1.807) is 0 Å². The molecule has 1 aliphatic rings. The minimum absolute atomic E-state index is 0.0501. The van der Waals surface area contributed by atoms with Crippen molar-refractivity contribution in [3.05, 3.63) is 12.2 Å². The first-order valence-electron chi connectivity index (χ1n) is 6.95. The molecule has 19 heavy (non-hydrogen) atoms. The number of esters is 1. The summed E-state index contributed by atoms with van der Waals surface area (Å²) in [6.45, 7) is 3.11. The van der Waals surface area contributed by atoms with Gasteiger partial charge in [-0.15, -0.1) is 0 Å². The van der Waals surface area contributed by atoms with Gasteiger partial charge in [-0.3, -0.25) is 4.79 Å². The molecule has 2 unspecified atom stereocenters. The van der Waals surface area contributed by atoms with Crippen LogP contribution in [0.5, 0.6) is 0 Å². The van der Waals surface area contributed by atoms with E-state index < -0.39 is 0 Å². The third-order valence-corrected chi connectivity index (χ3v) is 3.47. The minimum Gasteiger partial charge on any atom is -0.466 e. The average molecular weight is 267 g/mol. The number of rotatable bonds is 6. The summed E-state index contributed by atoms with van der Waals surface area (Å²) in [5.74, 6) is 0.644. The van der Waals surface area contributed by atoms with Gasteiger partial charge in [0.05, 0.1) is 12.5 Å². The highest BCUT2D eigenvalue weighted by molar-refractivity contribution is 5.72. The largest absolute Gasteiger partial charge is 0.466 e. The first-order valence-corrected chi connectivity index (χ1v) is 6.95. The topological polar surface area (TPSA) is 77.2 Å². The van der Waals surface area contributed by atoms with Crippen molar-refractivity contribution in [2.24, 2.45) is 5.92 Å². The maximum atomic E-state index is 11.7. The number of carbonyl (C=O) groups is 1. The molecular formula is C13H21N3O3. The third kappa shape index (κ3) is 4.31. The average Bonchev–Trinajstić information content (AvgIpc) is 2.93. The number of nitrogens with zero attached hydrogens (tertiary/aromatic N) is 2. The third-order valence-electron chi connectivity index (χ3n) is 3.47. The molecule has 0 radical (unpaired) electrons. The van der Waals surface area contributed by atoms with Crippen LogP contribution in [-0.2, 0) is 16.0 Å². The summed E-state index contributed by atoms with van der Waals surface area (Å²) in [6, 6.07) is 0.381. The molecule has 106 valence electrons. The van der Waals surface area contributed by atoms with Crippen LogP contribution in [-0.4, -0.2) is 35.3 Å². The van der Waals surface area contributed by atoms with Crippen LogP contribution in [0.1, 0.15) is 38.5 Å². The summed E-state index contributed by atoms with van der Waals surface area (Å²) in [7, 11) is 0. The second kappa shape index (κ2) is 7.23. The monoisotopic (exact) mass is 267 g/mol. The molecule has 0 spiro atoms. The Morgan fingerprint density at radius 3 is 3.21 bits per heavy atom. The van der Waals surface area contributed by atoms with E-state index in [0.29, 0.717) is 18.5 Å². The van der Waals surface area contributed by atoms with E-state index in [9.17, 15) is 4.79 Å². The molecule has 0 amide bonds. The van der Waals surface area contributed by atoms with Crippen LogP contribution >= 0.6 is 0 Å². The summed E-state index contributed by atoms with van der Waals surface area (Å²) < 4.78 is 10.0. The highest BCUT2D eigenvalue weighted by atomic mass is 16.5. The first kappa shape index (κ1) is 14.0. The number of aromatic nitrogens is 2. The number of hydrogen-bond acceptors (Lipinski definition) is 6. The fourth-order valence-corrected chi connectivity index (χ4v) is 2.54. The van der Waals surface area contributed by atoms with Crippen molar-refractivity contribution < 1.29 is 14.1 Å². The van der Waals surface area contributed by atoms with Crippen LogP contribution in [0.15, 0.2) is 10.9 Å². The fourth-order valence-electron chi connectivity index (χ4n) is 2.54. The normalized spacial score (nSPS) is 23.2. The molecule has 1 aromatic rings. The molecule has 2 atom stereocenters. The Morgan fingerprint density at radius 2 is 2.47 bits per heavy atom. The van der Waals surface area contributed by atoms with E-state index in [1.165, 1.54) is 6.33 Å². The quantitative estimate of drug-likeness (QED) is 0.783. The molecule has 1 N–H and O–H groups in total. The Labute approximate surface area is 112 Å². The summed E-state index contributed by atoms with van der Waals surface area (Å²) >= 11 is 0. The zero-order valence-electron chi connectivity index (χ0n) is 11.3. The Balaban J connectivity index is 1.70. The van der Waals surface area contributed by atoms with E-state index in [0.717, 1.165) is 38.6 Å². The Hall–Kier alpha value is -1.43. The molecule has 1 fully saturated rings. The lowest BCUT2D eigenvalue weighted by Crippen LogP contribution is -2.37. The predicted octanol–water partition coefficient (Wildman–Crippen LogP) is 1.32. The molecule has 1 aromatic heterocycles. The summed E-state index contributed by atoms with van der Waals surface area (Å²) in [5.41, 5.74) is 0. The van der Waals surface area contributed by atoms with Crippen molar-refractivity contribution in [3.63, 3.8) is 0 Å². The standard InChI is InChI=1S/C13H21N3O3/c1-2-18-13(17)10-4-3-5-11(8-10)14-7-6-12-15-9-16-19-12/h9-11,14H,2-8H2,1H3. The van der Waals surface area contributed by atoms with Crippen molar-refractivity contribution in [2.45, 2.75) is 45.1 Å². The number of carbonyl (C=O) groups excluding carboxylic acids is 1. The van der Waals surface area contributed by atoms with Gasteiger partial charge in [-0.25, -0.2) is 0 Å². The Bertz CT molecular complexity index is 380. The highest BCUT2D eigenvalue weighted by Crippen LogP contribution is 2.25. The van der Waals surface area contributed by atoms with Crippen LogP contribution in [0.25, 0.3) is 0 Å². The van der Waals surface area contributed by atoms with E-state index in [-0.39, 0.29) is 11.9 Å². The molecule has 0 aromatic carbocycles. The van der Waals surface area contributed by atoms with E-state index in [4.69, 9.17) is 9.26 Å². The predicted molar refractivity (Wildman–Crippen MR) is 68.4 cm³/mol. The maximum Gasteiger partial charge on any atom is 0.308 e. The van der Waals surface area contributed by atoms with Gasteiger partial charge in [0.1, 0.15) is 0 Å². The van der Waals surface area contributed by atoms with Crippen LogP contribution in [0.3, 0.4) is 0 Å². The zero-order valence-corrected chi connectivity index (χ0v) is 11.3. The number of hydrogen-bond donors (Lipinski definition) is 1. The highest BCUT2D eigenvalue weighted by Gasteiger charge is 2.27. The lowest BCUT2D eigenvalue weighted by atomic mass is 9.85. The van der Waals surface area contributed by atoms with E-state index in [1.807, 2.05) is 6.92 Å². The maximum absolute atomic E-state index is 11.7. The van der Waals surface area contributed by atoms with Gasteiger partial charge in [0.25, 0.3) is 0 Å². The molecule has 6 nitrogen and oxygen atoms in total.